The number of hydrogen-bond donors (Lipinski definition) is 2. The molecule has 1 aromatic rings. The van der Waals surface area contributed by atoms with Crippen LogP contribution in [0.4, 0.5) is 5.82 Å². The fraction of sp³-hybridized carbons (Fsp3) is 0.545. The predicted molar refractivity (Wildman–Crippen MR) is 72.9 cm³/mol. The van der Waals surface area contributed by atoms with E-state index in [-0.39, 0.29) is 6.04 Å². The van der Waals surface area contributed by atoms with Crippen molar-refractivity contribution in [2.45, 2.75) is 32.2 Å². The highest BCUT2D eigenvalue weighted by Gasteiger charge is 2.09. The van der Waals surface area contributed by atoms with Crippen LogP contribution in [0.2, 0.25) is 5.02 Å². The summed E-state index contributed by atoms with van der Waals surface area (Å²) < 4.78 is 0.870. The molecule has 3 nitrogen and oxygen atoms in total. The predicted octanol–water partition coefficient (Wildman–Crippen LogP) is 3.43. The second-order valence-electron chi connectivity index (χ2n) is 3.70. The smallest absolute Gasteiger partial charge is 0.140 e. The molecule has 1 atom stereocenters. The van der Waals surface area contributed by atoms with Gasteiger partial charge in [-0.1, -0.05) is 31.4 Å². The third-order valence-electron chi connectivity index (χ3n) is 2.34. The molecule has 1 unspecified atom stereocenters. The Morgan fingerprint density at radius 3 is 2.94 bits per heavy atom. The molecule has 3 N–H and O–H groups in total. The molecule has 5 heteroatoms. The van der Waals surface area contributed by atoms with Crippen molar-refractivity contribution in [3.8, 4) is 0 Å². The Morgan fingerprint density at radius 1 is 1.62 bits per heavy atom. The van der Waals surface area contributed by atoms with E-state index in [1.165, 1.54) is 12.8 Å². The molecule has 90 valence electrons. The van der Waals surface area contributed by atoms with E-state index in [1.807, 2.05) is 6.07 Å². The van der Waals surface area contributed by atoms with Crippen LogP contribution in [0.25, 0.3) is 0 Å². The first-order valence-electron chi connectivity index (χ1n) is 5.45. The summed E-state index contributed by atoms with van der Waals surface area (Å²) in [6, 6.07) is 2.09. The fourth-order valence-electron chi connectivity index (χ4n) is 1.41. The van der Waals surface area contributed by atoms with Gasteiger partial charge in [0.1, 0.15) is 5.82 Å². The number of aromatic nitrogens is 1. The number of hydrogen-bond acceptors (Lipinski definition) is 3. The molecule has 16 heavy (non-hydrogen) atoms. The number of unbranched alkanes of at least 4 members (excludes halogenated alkanes) is 1. The van der Waals surface area contributed by atoms with E-state index in [1.54, 1.807) is 6.20 Å². The minimum Gasteiger partial charge on any atom is -0.365 e. The number of anilines is 1. The number of rotatable bonds is 6. The zero-order chi connectivity index (χ0) is 12.0. The summed E-state index contributed by atoms with van der Waals surface area (Å²) in [5.41, 5.74) is 5.71. The summed E-state index contributed by atoms with van der Waals surface area (Å²) in [6.45, 7) is 2.78. The summed E-state index contributed by atoms with van der Waals surface area (Å²) in [5.74, 6) is 0.802. The van der Waals surface area contributed by atoms with Gasteiger partial charge >= 0.3 is 0 Å². The van der Waals surface area contributed by atoms with Gasteiger partial charge in [-0.15, -0.1) is 0 Å². The molecule has 0 aliphatic carbocycles. The van der Waals surface area contributed by atoms with E-state index in [0.29, 0.717) is 11.6 Å². The first-order chi connectivity index (χ1) is 7.67. The molecule has 0 bridgehead atoms. The molecule has 0 saturated carbocycles. The maximum atomic E-state index is 5.83. The van der Waals surface area contributed by atoms with Crippen molar-refractivity contribution in [1.82, 2.24) is 4.98 Å². The number of nitrogens with one attached hydrogen (secondary N) is 1. The molecule has 0 spiro atoms. The third-order valence-corrected chi connectivity index (χ3v) is 3.15. The van der Waals surface area contributed by atoms with Crippen LogP contribution in [0, 0.1) is 0 Å². The van der Waals surface area contributed by atoms with Gasteiger partial charge in [0.05, 0.1) is 9.50 Å². The van der Waals surface area contributed by atoms with Gasteiger partial charge in [0, 0.05) is 18.8 Å². The van der Waals surface area contributed by atoms with Crippen LogP contribution < -0.4 is 11.1 Å². The van der Waals surface area contributed by atoms with Crippen LogP contribution in [0.3, 0.4) is 0 Å². The largest absolute Gasteiger partial charge is 0.365 e. The first kappa shape index (κ1) is 13.7. The van der Waals surface area contributed by atoms with E-state index in [2.05, 4.69) is 33.2 Å². The van der Waals surface area contributed by atoms with E-state index in [4.69, 9.17) is 17.3 Å². The maximum absolute atomic E-state index is 5.83. The Kier molecular flexibility index (Phi) is 6.09. The standard InChI is InChI=1S/C11H17BrClN3/c1-2-3-4-9(6-14)16-11-10(12)5-8(13)7-15-11/h5,7,9H,2-4,6,14H2,1H3,(H,15,16). The second-order valence-corrected chi connectivity index (χ2v) is 4.99. The van der Waals surface area contributed by atoms with Crippen molar-refractivity contribution in [1.29, 1.82) is 0 Å². The number of nitrogens with two attached hydrogens (primary N) is 1. The Labute approximate surface area is 110 Å². The van der Waals surface area contributed by atoms with E-state index in [0.717, 1.165) is 16.7 Å². The molecule has 0 aliphatic rings. The lowest BCUT2D eigenvalue weighted by Gasteiger charge is -2.17. The average Bonchev–Trinajstić information content (AvgIpc) is 2.27. The normalized spacial score (nSPS) is 12.5. The molecule has 0 radical (unpaired) electrons. The molecular weight excluding hydrogens is 289 g/mol. The SMILES string of the molecule is CCCCC(CN)Nc1ncc(Cl)cc1Br. The summed E-state index contributed by atoms with van der Waals surface area (Å²) >= 11 is 9.25. The highest BCUT2D eigenvalue weighted by Crippen LogP contribution is 2.24. The second kappa shape index (κ2) is 7.09. The monoisotopic (exact) mass is 305 g/mol. The lowest BCUT2D eigenvalue weighted by Crippen LogP contribution is -2.29. The zero-order valence-electron chi connectivity index (χ0n) is 9.34. The Balaban J connectivity index is 2.62. The number of nitrogens with zero attached hydrogens (tertiary/aromatic N) is 1. The van der Waals surface area contributed by atoms with Gasteiger partial charge in [-0.2, -0.15) is 0 Å². The van der Waals surface area contributed by atoms with Gasteiger partial charge in [0.25, 0.3) is 0 Å². The van der Waals surface area contributed by atoms with Gasteiger partial charge in [-0.25, -0.2) is 4.98 Å². The van der Waals surface area contributed by atoms with Gasteiger partial charge in [0.2, 0.25) is 0 Å². The number of halogens is 2. The van der Waals surface area contributed by atoms with E-state index >= 15 is 0 Å². The van der Waals surface area contributed by atoms with Crippen LogP contribution in [0.15, 0.2) is 16.7 Å². The fourth-order valence-corrected chi connectivity index (χ4v) is 2.17. The molecule has 0 aliphatic heterocycles. The molecule has 1 aromatic heterocycles. The van der Waals surface area contributed by atoms with E-state index < -0.39 is 0 Å². The summed E-state index contributed by atoms with van der Waals surface area (Å²) in [7, 11) is 0. The van der Waals surface area contributed by atoms with Crippen molar-refractivity contribution in [3.63, 3.8) is 0 Å². The zero-order valence-corrected chi connectivity index (χ0v) is 11.7. The summed E-state index contributed by atoms with van der Waals surface area (Å²) in [6.07, 6.45) is 5.03. The molecular formula is C11H17BrClN3. The van der Waals surface area contributed by atoms with Crippen molar-refractivity contribution in [2.24, 2.45) is 5.73 Å². The molecule has 1 rings (SSSR count). The van der Waals surface area contributed by atoms with Gasteiger partial charge in [0.15, 0.2) is 0 Å². The summed E-state index contributed by atoms with van der Waals surface area (Å²) in [4.78, 5) is 4.23. The van der Waals surface area contributed by atoms with Crippen LogP contribution in [0.1, 0.15) is 26.2 Å². The van der Waals surface area contributed by atoms with Crippen LogP contribution in [0.5, 0.6) is 0 Å². The Bertz CT molecular complexity index is 333. The van der Waals surface area contributed by atoms with Crippen LogP contribution in [-0.2, 0) is 0 Å². The van der Waals surface area contributed by atoms with Gasteiger partial charge in [-0.05, 0) is 28.4 Å². The minimum atomic E-state index is 0.268. The molecule has 1 heterocycles. The van der Waals surface area contributed by atoms with Gasteiger partial charge in [-0.3, -0.25) is 0 Å². The van der Waals surface area contributed by atoms with E-state index in [9.17, 15) is 0 Å². The highest BCUT2D eigenvalue weighted by atomic mass is 79.9. The average molecular weight is 307 g/mol. The molecule has 0 aromatic carbocycles. The third kappa shape index (κ3) is 4.28. The maximum Gasteiger partial charge on any atom is 0.140 e. The Hall–Kier alpha value is -0.320. The molecule has 0 amide bonds. The first-order valence-corrected chi connectivity index (χ1v) is 6.62. The van der Waals surface area contributed by atoms with Crippen molar-refractivity contribution in [3.05, 3.63) is 21.8 Å². The lowest BCUT2D eigenvalue weighted by molar-refractivity contribution is 0.612. The molecule has 0 fully saturated rings. The van der Waals surface area contributed by atoms with Crippen molar-refractivity contribution >= 4 is 33.3 Å². The quantitative estimate of drug-likeness (QED) is 0.846. The van der Waals surface area contributed by atoms with Gasteiger partial charge < -0.3 is 11.1 Å². The topological polar surface area (TPSA) is 50.9 Å². The van der Waals surface area contributed by atoms with Crippen molar-refractivity contribution < 1.29 is 0 Å². The van der Waals surface area contributed by atoms with Crippen LogP contribution >= 0.6 is 27.5 Å². The minimum absolute atomic E-state index is 0.268. The molecule has 0 saturated heterocycles. The van der Waals surface area contributed by atoms with Crippen molar-refractivity contribution in [2.75, 3.05) is 11.9 Å². The van der Waals surface area contributed by atoms with Crippen LogP contribution in [-0.4, -0.2) is 17.6 Å². The lowest BCUT2D eigenvalue weighted by atomic mass is 10.1. The summed E-state index contributed by atoms with van der Waals surface area (Å²) in [5, 5.41) is 3.94. The Morgan fingerprint density at radius 2 is 2.38 bits per heavy atom. The highest BCUT2D eigenvalue weighted by molar-refractivity contribution is 9.10. The number of pyridine rings is 1.